The zero-order valence-electron chi connectivity index (χ0n) is 12.1. The molecule has 0 saturated carbocycles. The van der Waals surface area contributed by atoms with Crippen molar-refractivity contribution in [2.24, 2.45) is 0 Å². The maximum atomic E-state index is 12.7. The number of aromatic nitrogens is 1. The largest absolute Gasteiger partial charge is 0.493 e. The maximum Gasteiger partial charge on any atom is 0.205 e. The molecule has 3 rings (SSSR count). The molecule has 0 aliphatic rings. The van der Waals surface area contributed by atoms with E-state index >= 15 is 0 Å². The van der Waals surface area contributed by atoms with E-state index in [1.54, 1.807) is 6.20 Å². The minimum absolute atomic E-state index is 0.0481. The van der Waals surface area contributed by atoms with Crippen molar-refractivity contribution < 1.29 is 9.53 Å². The summed E-state index contributed by atoms with van der Waals surface area (Å²) >= 11 is 1.52. The van der Waals surface area contributed by atoms with Crippen molar-refractivity contribution in [1.29, 1.82) is 0 Å². The van der Waals surface area contributed by atoms with Crippen LogP contribution in [-0.2, 0) is 0 Å². The van der Waals surface area contributed by atoms with E-state index in [4.69, 9.17) is 4.74 Å². The molecule has 1 N–H and O–H groups in total. The SMILES string of the molecule is CCCOc1cccc2[nH]cc(C(=O)c3ccc(C)s3)c12. The Bertz CT molecular complexity index is 785. The monoisotopic (exact) mass is 299 g/mol. The molecule has 0 fully saturated rings. The number of aryl methyl sites for hydroxylation is 1. The van der Waals surface area contributed by atoms with Crippen LogP contribution < -0.4 is 4.74 Å². The summed E-state index contributed by atoms with van der Waals surface area (Å²) in [5, 5.41) is 0.877. The lowest BCUT2D eigenvalue weighted by Gasteiger charge is -2.07. The van der Waals surface area contributed by atoms with Crippen LogP contribution in [0.25, 0.3) is 10.9 Å². The first-order valence-electron chi connectivity index (χ1n) is 7.04. The highest BCUT2D eigenvalue weighted by Crippen LogP contribution is 2.31. The smallest absolute Gasteiger partial charge is 0.205 e. The molecule has 0 aliphatic heterocycles. The Kier molecular flexibility index (Phi) is 3.80. The van der Waals surface area contributed by atoms with Gasteiger partial charge in [-0.3, -0.25) is 4.79 Å². The van der Waals surface area contributed by atoms with E-state index in [9.17, 15) is 4.79 Å². The van der Waals surface area contributed by atoms with Crippen molar-refractivity contribution in [3.8, 4) is 5.75 Å². The van der Waals surface area contributed by atoms with Gasteiger partial charge in [-0.05, 0) is 37.6 Å². The highest BCUT2D eigenvalue weighted by atomic mass is 32.1. The van der Waals surface area contributed by atoms with Gasteiger partial charge in [-0.1, -0.05) is 13.0 Å². The minimum atomic E-state index is 0.0481. The summed E-state index contributed by atoms with van der Waals surface area (Å²) in [6.07, 6.45) is 2.72. The Hall–Kier alpha value is -2.07. The molecule has 0 aliphatic carbocycles. The summed E-state index contributed by atoms with van der Waals surface area (Å²) in [6, 6.07) is 9.68. The van der Waals surface area contributed by atoms with Crippen LogP contribution in [0.2, 0.25) is 0 Å². The van der Waals surface area contributed by atoms with Gasteiger partial charge in [0.1, 0.15) is 5.75 Å². The van der Waals surface area contributed by atoms with Gasteiger partial charge >= 0.3 is 0 Å². The second-order valence-corrected chi connectivity index (χ2v) is 6.26. The zero-order chi connectivity index (χ0) is 14.8. The summed E-state index contributed by atoms with van der Waals surface area (Å²) < 4.78 is 5.79. The van der Waals surface area contributed by atoms with Crippen molar-refractivity contribution in [3.05, 3.63) is 51.8 Å². The number of aromatic amines is 1. The zero-order valence-corrected chi connectivity index (χ0v) is 12.9. The maximum absolute atomic E-state index is 12.7. The Morgan fingerprint density at radius 2 is 2.14 bits per heavy atom. The second-order valence-electron chi connectivity index (χ2n) is 4.97. The Labute approximate surface area is 127 Å². The van der Waals surface area contributed by atoms with E-state index in [1.807, 2.05) is 37.3 Å². The molecule has 0 bridgehead atoms. The Morgan fingerprint density at radius 3 is 2.86 bits per heavy atom. The second kappa shape index (κ2) is 5.74. The van der Waals surface area contributed by atoms with E-state index in [1.165, 1.54) is 11.3 Å². The van der Waals surface area contributed by atoms with Gasteiger partial charge in [0.25, 0.3) is 0 Å². The number of carbonyl (C=O) groups excluding carboxylic acids is 1. The number of benzene rings is 1. The molecule has 2 heterocycles. The van der Waals surface area contributed by atoms with Gasteiger partial charge in [-0.2, -0.15) is 0 Å². The lowest BCUT2D eigenvalue weighted by molar-refractivity contribution is 0.104. The third-order valence-electron chi connectivity index (χ3n) is 3.34. The number of ether oxygens (including phenoxy) is 1. The van der Waals surface area contributed by atoms with E-state index in [2.05, 4.69) is 11.9 Å². The van der Waals surface area contributed by atoms with E-state index in [-0.39, 0.29) is 5.78 Å². The van der Waals surface area contributed by atoms with Crippen LogP contribution in [0.5, 0.6) is 5.75 Å². The van der Waals surface area contributed by atoms with Gasteiger partial charge < -0.3 is 9.72 Å². The van der Waals surface area contributed by atoms with Gasteiger partial charge in [0.15, 0.2) is 0 Å². The van der Waals surface area contributed by atoms with Crippen molar-refractivity contribution in [1.82, 2.24) is 4.98 Å². The van der Waals surface area contributed by atoms with Crippen molar-refractivity contribution in [2.45, 2.75) is 20.3 Å². The molecule has 2 aromatic heterocycles. The third-order valence-corrected chi connectivity index (χ3v) is 4.34. The fourth-order valence-corrected chi connectivity index (χ4v) is 3.17. The molecule has 0 unspecified atom stereocenters. The molecule has 0 spiro atoms. The first-order chi connectivity index (χ1) is 10.2. The van der Waals surface area contributed by atoms with E-state index in [0.29, 0.717) is 12.2 Å². The van der Waals surface area contributed by atoms with Gasteiger partial charge in [0.2, 0.25) is 5.78 Å². The third kappa shape index (κ3) is 2.59. The lowest BCUT2D eigenvalue weighted by atomic mass is 10.1. The van der Waals surface area contributed by atoms with Crippen LogP contribution in [0.3, 0.4) is 0 Å². The summed E-state index contributed by atoms with van der Waals surface area (Å²) in [6.45, 7) is 4.72. The van der Waals surface area contributed by atoms with Crippen LogP contribution in [-0.4, -0.2) is 17.4 Å². The Morgan fingerprint density at radius 1 is 1.29 bits per heavy atom. The quantitative estimate of drug-likeness (QED) is 0.702. The van der Waals surface area contributed by atoms with Crippen LogP contribution >= 0.6 is 11.3 Å². The Balaban J connectivity index is 2.08. The molecule has 3 nitrogen and oxygen atoms in total. The number of hydrogen-bond acceptors (Lipinski definition) is 3. The summed E-state index contributed by atoms with van der Waals surface area (Å²) in [7, 11) is 0. The molecular weight excluding hydrogens is 282 g/mol. The number of carbonyl (C=O) groups is 1. The average molecular weight is 299 g/mol. The molecule has 3 aromatic rings. The summed E-state index contributed by atoms with van der Waals surface area (Å²) in [5.41, 5.74) is 1.61. The van der Waals surface area contributed by atoms with Crippen molar-refractivity contribution in [3.63, 3.8) is 0 Å². The fraction of sp³-hybridized carbons (Fsp3) is 0.235. The first-order valence-corrected chi connectivity index (χ1v) is 7.86. The number of ketones is 1. The summed E-state index contributed by atoms with van der Waals surface area (Å²) in [5.74, 6) is 0.819. The lowest BCUT2D eigenvalue weighted by Crippen LogP contribution is -2.00. The van der Waals surface area contributed by atoms with Crippen LogP contribution in [0, 0.1) is 6.92 Å². The molecular formula is C17H17NO2S. The predicted molar refractivity (Wildman–Crippen MR) is 86.6 cm³/mol. The molecule has 0 atom stereocenters. The molecule has 108 valence electrons. The molecule has 1 aromatic carbocycles. The van der Waals surface area contributed by atoms with Crippen LogP contribution in [0.15, 0.2) is 36.5 Å². The van der Waals surface area contributed by atoms with Crippen LogP contribution in [0.1, 0.15) is 33.5 Å². The highest BCUT2D eigenvalue weighted by Gasteiger charge is 2.18. The van der Waals surface area contributed by atoms with E-state index < -0.39 is 0 Å². The first kappa shape index (κ1) is 13.9. The van der Waals surface area contributed by atoms with Crippen molar-refractivity contribution in [2.75, 3.05) is 6.61 Å². The number of rotatable bonds is 5. The van der Waals surface area contributed by atoms with Gasteiger partial charge in [0.05, 0.1) is 22.4 Å². The minimum Gasteiger partial charge on any atom is -0.493 e. The topological polar surface area (TPSA) is 42.1 Å². The van der Waals surface area contributed by atoms with Gasteiger partial charge in [0, 0.05) is 16.6 Å². The highest BCUT2D eigenvalue weighted by molar-refractivity contribution is 7.14. The molecule has 0 amide bonds. The van der Waals surface area contributed by atoms with E-state index in [0.717, 1.165) is 32.8 Å². The number of nitrogens with one attached hydrogen (secondary N) is 1. The number of fused-ring (bicyclic) bond motifs is 1. The van der Waals surface area contributed by atoms with Gasteiger partial charge in [-0.25, -0.2) is 0 Å². The van der Waals surface area contributed by atoms with Gasteiger partial charge in [-0.15, -0.1) is 11.3 Å². The molecule has 4 heteroatoms. The fourth-order valence-electron chi connectivity index (χ4n) is 2.35. The number of H-pyrrole nitrogens is 1. The summed E-state index contributed by atoms with van der Waals surface area (Å²) in [4.78, 5) is 17.8. The standard InChI is InChI=1S/C17H17NO2S/c1-3-9-20-14-6-4-5-13-16(14)12(10-18-13)17(19)15-8-7-11(2)21-15/h4-8,10,18H,3,9H2,1-2H3. The number of thiophene rings is 1. The molecule has 0 radical (unpaired) electrons. The predicted octanol–water partition coefficient (Wildman–Crippen LogP) is 4.56. The average Bonchev–Trinajstić information content (AvgIpc) is 3.11. The van der Waals surface area contributed by atoms with Crippen LogP contribution in [0.4, 0.5) is 0 Å². The normalized spacial score (nSPS) is 11.0. The molecule has 21 heavy (non-hydrogen) atoms. The van der Waals surface area contributed by atoms with Crippen molar-refractivity contribution >= 4 is 28.0 Å². The molecule has 0 saturated heterocycles. The number of hydrogen-bond donors (Lipinski definition) is 1.